The summed E-state index contributed by atoms with van der Waals surface area (Å²) in [5.74, 6) is 1.39. The zero-order valence-electron chi connectivity index (χ0n) is 15.4. The summed E-state index contributed by atoms with van der Waals surface area (Å²) >= 11 is 3.11. The van der Waals surface area contributed by atoms with Gasteiger partial charge < -0.3 is 10.1 Å². The number of nitrogens with one attached hydrogen (secondary N) is 1. The number of nitrogens with zero attached hydrogens (tertiary/aromatic N) is 5. The summed E-state index contributed by atoms with van der Waals surface area (Å²) in [5, 5.41) is 19.0. The lowest BCUT2D eigenvalue weighted by Gasteiger charge is -2.08. The van der Waals surface area contributed by atoms with E-state index in [1.165, 1.54) is 17.3 Å². The van der Waals surface area contributed by atoms with Crippen LogP contribution in [0.2, 0.25) is 0 Å². The summed E-state index contributed by atoms with van der Waals surface area (Å²) < 4.78 is 7.09. The summed E-state index contributed by atoms with van der Waals surface area (Å²) in [6, 6.07) is 15.9. The van der Waals surface area contributed by atoms with Gasteiger partial charge in [-0.05, 0) is 41.6 Å². The molecular formula is C19H18N6OS2. The monoisotopic (exact) mass is 410 g/mol. The molecule has 0 saturated carbocycles. The molecule has 0 unspecified atom stereocenters. The fourth-order valence-corrected chi connectivity index (χ4v) is 4.17. The minimum atomic E-state index is 0.668. The Morgan fingerprint density at radius 2 is 1.96 bits per heavy atom. The Kier molecular flexibility index (Phi) is 5.54. The minimum Gasteiger partial charge on any atom is -0.494 e. The summed E-state index contributed by atoms with van der Waals surface area (Å²) in [7, 11) is 1.63. The van der Waals surface area contributed by atoms with E-state index in [0.717, 1.165) is 27.9 Å². The summed E-state index contributed by atoms with van der Waals surface area (Å²) in [6.45, 7) is 2.07. The Labute approximate surface area is 170 Å². The van der Waals surface area contributed by atoms with Gasteiger partial charge in [0.2, 0.25) is 5.16 Å². The zero-order valence-corrected chi connectivity index (χ0v) is 17.0. The second-order valence-corrected chi connectivity index (χ2v) is 7.77. The van der Waals surface area contributed by atoms with E-state index >= 15 is 0 Å². The fraction of sp³-hybridized carbons (Fsp3) is 0.158. The van der Waals surface area contributed by atoms with Crippen LogP contribution in [0.3, 0.4) is 0 Å². The average Bonchev–Trinajstić information content (AvgIpc) is 3.37. The molecule has 0 aliphatic heterocycles. The standard InChI is InChI=1S/C19H18N6OS2/c1-13-7-9-14(10-8-13)20-18-21-15(11-27-18)12-28-19-22-23-24-25(19)16-5-3-4-6-17(16)26-2/h3-11H,12H2,1-2H3,(H,20,21). The van der Waals surface area contributed by atoms with Crippen LogP contribution in [0, 0.1) is 6.92 Å². The number of aromatic nitrogens is 5. The van der Waals surface area contributed by atoms with Crippen LogP contribution in [0.15, 0.2) is 59.1 Å². The van der Waals surface area contributed by atoms with E-state index in [1.54, 1.807) is 23.1 Å². The highest BCUT2D eigenvalue weighted by Gasteiger charge is 2.14. The van der Waals surface area contributed by atoms with Crippen molar-refractivity contribution < 1.29 is 4.74 Å². The van der Waals surface area contributed by atoms with Crippen LogP contribution in [-0.2, 0) is 5.75 Å². The lowest BCUT2D eigenvalue weighted by Crippen LogP contribution is -2.01. The third-order valence-electron chi connectivity index (χ3n) is 3.96. The number of hydrogen-bond acceptors (Lipinski definition) is 8. The minimum absolute atomic E-state index is 0.668. The first-order valence-electron chi connectivity index (χ1n) is 8.55. The van der Waals surface area contributed by atoms with E-state index in [-0.39, 0.29) is 0 Å². The highest BCUT2D eigenvalue weighted by molar-refractivity contribution is 7.98. The molecule has 1 N–H and O–H groups in total. The molecule has 0 bridgehead atoms. The molecule has 4 aromatic rings. The molecule has 0 saturated heterocycles. The molecule has 142 valence electrons. The average molecular weight is 411 g/mol. The molecule has 0 atom stereocenters. The summed E-state index contributed by atoms with van der Waals surface area (Å²) in [4.78, 5) is 4.65. The Bertz CT molecular complexity index is 1060. The van der Waals surface area contributed by atoms with Gasteiger partial charge in [-0.2, -0.15) is 4.68 Å². The van der Waals surface area contributed by atoms with Crippen LogP contribution < -0.4 is 10.1 Å². The first-order chi connectivity index (χ1) is 13.7. The van der Waals surface area contributed by atoms with Gasteiger partial charge in [0.1, 0.15) is 11.4 Å². The maximum absolute atomic E-state index is 5.41. The van der Waals surface area contributed by atoms with Gasteiger partial charge >= 0.3 is 0 Å². The van der Waals surface area contributed by atoms with Gasteiger partial charge in [-0.3, -0.25) is 0 Å². The normalized spacial score (nSPS) is 10.8. The number of rotatable bonds is 7. The van der Waals surface area contributed by atoms with E-state index in [4.69, 9.17) is 4.74 Å². The molecule has 9 heteroatoms. The zero-order chi connectivity index (χ0) is 19.3. The fourth-order valence-electron chi connectivity index (χ4n) is 2.55. The van der Waals surface area contributed by atoms with Crippen molar-refractivity contribution in [1.29, 1.82) is 0 Å². The van der Waals surface area contributed by atoms with Gasteiger partial charge in [-0.1, -0.05) is 41.6 Å². The molecule has 0 aliphatic rings. The Morgan fingerprint density at radius 3 is 2.79 bits per heavy atom. The highest BCUT2D eigenvalue weighted by Crippen LogP contribution is 2.29. The molecule has 28 heavy (non-hydrogen) atoms. The molecule has 2 aromatic heterocycles. The Hall–Kier alpha value is -2.91. The van der Waals surface area contributed by atoms with Crippen LogP contribution in [0.5, 0.6) is 5.75 Å². The van der Waals surface area contributed by atoms with Gasteiger partial charge in [0, 0.05) is 16.8 Å². The van der Waals surface area contributed by atoms with Crippen molar-refractivity contribution in [3.05, 3.63) is 65.2 Å². The topological polar surface area (TPSA) is 77.8 Å². The van der Waals surface area contributed by atoms with Crippen molar-refractivity contribution in [3.8, 4) is 11.4 Å². The summed E-state index contributed by atoms with van der Waals surface area (Å²) in [5.41, 5.74) is 4.03. The van der Waals surface area contributed by atoms with Gasteiger partial charge in [-0.25, -0.2) is 4.98 Å². The molecular weight excluding hydrogens is 392 g/mol. The van der Waals surface area contributed by atoms with Crippen LogP contribution >= 0.6 is 23.1 Å². The highest BCUT2D eigenvalue weighted by atomic mass is 32.2. The van der Waals surface area contributed by atoms with Gasteiger partial charge in [0.05, 0.1) is 12.8 Å². The SMILES string of the molecule is COc1ccccc1-n1nnnc1SCc1csc(Nc2ccc(C)cc2)n1. The first-order valence-corrected chi connectivity index (χ1v) is 10.4. The third kappa shape index (κ3) is 4.15. The number of anilines is 2. The molecule has 0 spiro atoms. The third-order valence-corrected chi connectivity index (χ3v) is 5.72. The maximum Gasteiger partial charge on any atom is 0.214 e. The maximum atomic E-state index is 5.41. The van der Waals surface area contributed by atoms with E-state index in [2.05, 4.69) is 44.9 Å². The molecule has 0 aliphatic carbocycles. The first kappa shape index (κ1) is 18.5. The van der Waals surface area contributed by atoms with Crippen molar-refractivity contribution in [3.63, 3.8) is 0 Å². The largest absolute Gasteiger partial charge is 0.494 e. The Morgan fingerprint density at radius 1 is 1.14 bits per heavy atom. The summed E-state index contributed by atoms with van der Waals surface area (Å²) in [6.07, 6.45) is 0. The van der Waals surface area contributed by atoms with Crippen LogP contribution in [0.4, 0.5) is 10.8 Å². The Balaban J connectivity index is 1.44. The van der Waals surface area contributed by atoms with E-state index in [0.29, 0.717) is 10.9 Å². The molecule has 0 fully saturated rings. The number of para-hydroxylation sites is 2. The lowest BCUT2D eigenvalue weighted by molar-refractivity contribution is 0.410. The number of hydrogen-bond donors (Lipinski definition) is 1. The van der Waals surface area contributed by atoms with Crippen molar-refractivity contribution in [2.24, 2.45) is 0 Å². The molecule has 4 rings (SSSR count). The molecule has 0 amide bonds. The number of thiazole rings is 1. The van der Waals surface area contributed by atoms with Crippen molar-refractivity contribution in [2.45, 2.75) is 17.8 Å². The quantitative estimate of drug-likeness (QED) is 0.450. The van der Waals surface area contributed by atoms with E-state index in [9.17, 15) is 0 Å². The van der Waals surface area contributed by atoms with Crippen molar-refractivity contribution in [1.82, 2.24) is 25.2 Å². The van der Waals surface area contributed by atoms with Crippen LogP contribution in [0.1, 0.15) is 11.3 Å². The van der Waals surface area contributed by atoms with Crippen LogP contribution in [-0.4, -0.2) is 32.3 Å². The molecule has 7 nitrogen and oxygen atoms in total. The van der Waals surface area contributed by atoms with Crippen LogP contribution in [0.25, 0.3) is 5.69 Å². The number of tetrazole rings is 1. The van der Waals surface area contributed by atoms with E-state index in [1.807, 2.05) is 41.8 Å². The predicted octanol–water partition coefficient (Wildman–Crippen LogP) is 4.47. The van der Waals surface area contributed by atoms with Gasteiger partial charge in [-0.15, -0.1) is 16.4 Å². The molecule has 2 aromatic carbocycles. The van der Waals surface area contributed by atoms with Crippen molar-refractivity contribution in [2.75, 3.05) is 12.4 Å². The number of benzene rings is 2. The number of methoxy groups -OCH3 is 1. The smallest absolute Gasteiger partial charge is 0.214 e. The van der Waals surface area contributed by atoms with E-state index < -0.39 is 0 Å². The molecule has 2 heterocycles. The van der Waals surface area contributed by atoms with Gasteiger partial charge in [0.25, 0.3) is 0 Å². The lowest BCUT2D eigenvalue weighted by atomic mass is 10.2. The number of thioether (sulfide) groups is 1. The number of ether oxygens (including phenoxy) is 1. The predicted molar refractivity (Wildman–Crippen MR) is 112 cm³/mol. The second kappa shape index (κ2) is 8.41. The number of aryl methyl sites for hydroxylation is 1. The van der Waals surface area contributed by atoms with Crippen molar-refractivity contribution >= 4 is 33.9 Å². The van der Waals surface area contributed by atoms with Gasteiger partial charge in [0.15, 0.2) is 5.13 Å². The second-order valence-electron chi connectivity index (χ2n) is 5.97. The molecule has 0 radical (unpaired) electrons.